The molecule has 0 unspecified atom stereocenters. The quantitative estimate of drug-likeness (QED) is 0.474. The summed E-state index contributed by atoms with van der Waals surface area (Å²) in [4.78, 5) is 0. The molecule has 8 heavy (non-hydrogen) atoms. The van der Waals surface area contributed by atoms with Gasteiger partial charge in [0.25, 0.3) is 0 Å². The molecule has 1 aliphatic rings. The molecule has 0 aromatic carbocycles. The Labute approximate surface area is 47.2 Å². The number of aliphatic hydroxyl groups is 2. The largest absolute Gasteiger partial charge is 0.493 e. The SMILES string of the molecule is OC[C@H]1OC=C[C@@H]1O. The predicted molar refractivity (Wildman–Crippen MR) is 27.1 cm³/mol. The summed E-state index contributed by atoms with van der Waals surface area (Å²) >= 11 is 0. The molecular formula is C5H8O3. The summed E-state index contributed by atoms with van der Waals surface area (Å²) < 4.78 is 4.73. The van der Waals surface area contributed by atoms with E-state index in [1.165, 1.54) is 12.3 Å². The number of hydrogen-bond donors (Lipinski definition) is 2. The molecule has 3 nitrogen and oxygen atoms in total. The Hall–Kier alpha value is -0.540. The molecule has 1 aliphatic heterocycles. The standard InChI is InChI=1S/C5H8O3/c6-3-5-4(7)1-2-8-5/h1-2,4-7H,3H2/t4-,5+/m0/s1. The van der Waals surface area contributed by atoms with Gasteiger partial charge in [0.2, 0.25) is 0 Å². The summed E-state index contributed by atoms with van der Waals surface area (Å²) in [5.74, 6) is 0. The minimum absolute atomic E-state index is 0.131. The van der Waals surface area contributed by atoms with Crippen LogP contribution in [0.25, 0.3) is 0 Å². The second-order valence-electron chi connectivity index (χ2n) is 1.68. The van der Waals surface area contributed by atoms with Gasteiger partial charge in [0, 0.05) is 0 Å². The van der Waals surface area contributed by atoms with Crippen LogP contribution in [0.3, 0.4) is 0 Å². The summed E-state index contributed by atoms with van der Waals surface area (Å²) in [5.41, 5.74) is 0. The van der Waals surface area contributed by atoms with E-state index in [-0.39, 0.29) is 6.61 Å². The molecule has 1 rings (SSSR count). The van der Waals surface area contributed by atoms with Crippen LogP contribution in [0.1, 0.15) is 0 Å². The van der Waals surface area contributed by atoms with E-state index < -0.39 is 12.2 Å². The second-order valence-corrected chi connectivity index (χ2v) is 1.68. The van der Waals surface area contributed by atoms with Gasteiger partial charge in [-0.15, -0.1) is 0 Å². The van der Waals surface area contributed by atoms with Crippen LogP contribution in [0.4, 0.5) is 0 Å². The Morgan fingerprint density at radius 2 is 2.38 bits per heavy atom. The predicted octanol–water partition coefficient (Wildman–Crippen LogP) is -0.748. The highest BCUT2D eigenvalue weighted by atomic mass is 16.5. The van der Waals surface area contributed by atoms with E-state index in [2.05, 4.69) is 0 Å². The van der Waals surface area contributed by atoms with Crippen LogP contribution in [0, 0.1) is 0 Å². The lowest BCUT2D eigenvalue weighted by Crippen LogP contribution is -2.24. The van der Waals surface area contributed by atoms with E-state index in [0.29, 0.717) is 0 Å². The van der Waals surface area contributed by atoms with Crippen molar-refractivity contribution in [2.24, 2.45) is 0 Å². The lowest BCUT2D eigenvalue weighted by molar-refractivity contribution is 0.0217. The van der Waals surface area contributed by atoms with Gasteiger partial charge in [-0.3, -0.25) is 0 Å². The molecule has 1 heterocycles. The third-order valence-corrected chi connectivity index (χ3v) is 1.09. The number of ether oxygens (including phenoxy) is 1. The third-order valence-electron chi connectivity index (χ3n) is 1.09. The maximum Gasteiger partial charge on any atom is 0.150 e. The topological polar surface area (TPSA) is 49.7 Å². The molecule has 0 fully saturated rings. The smallest absolute Gasteiger partial charge is 0.150 e. The highest BCUT2D eigenvalue weighted by Gasteiger charge is 2.20. The molecule has 0 aromatic rings. The summed E-state index contributed by atoms with van der Waals surface area (Å²) in [6.45, 7) is -0.131. The summed E-state index contributed by atoms with van der Waals surface area (Å²) in [6.07, 6.45) is 1.84. The molecule has 0 amide bonds. The molecule has 46 valence electrons. The van der Waals surface area contributed by atoms with Gasteiger partial charge in [0.05, 0.1) is 12.9 Å². The highest BCUT2D eigenvalue weighted by Crippen LogP contribution is 2.07. The Bertz CT molecular complexity index is 99.8. The van der Waals surface area contributed by atoms with E-state index in [1.807, 2.05) is 0 Å². The van der Waals surface area contributed by atoms with E-state index in [0.717, 1.165) is 0 Å². The molecule has 3 heteroatoms. The summed E-state index contributed by atoms with van der Waals surface area (Å²) in [6, 6.07) is 0. The van der Waals surface area contributed by atoms with Gasteiger partial charge in [0.1, 0.15) is 6.10 Å². The zero-order chi connectivity index (χ0) is 5.98. The molecule has 0 spiro atoms. The zero-order valence-electron chi connectivity index (χ0n) is 4.32. The summed E-state index contributed by atoms with van der Waals surface area (Å²) in [7, 11) is 0. The van der Waals surface area contributed by atoms with E-state index in [1.54, 1.807) is 0 Å². The Balaban J connectivity index is 2.38. The maximum atomic E-state index is 8.82. The Kier molecular flexibility index (Phi) is 1.50. The van der Waals surface area contributed by atoms with Crippen molar-refractivity contribution >= 4 is 0 Å². The fourth-order valence-electron chi connectivity index (χ4n) is 0.582. The van der Waals surface area contributed by atoms with Gasteiger partial charge in [-0.25, -0.2) is 0 Å². The molecule has 0 saturated heterocycles. The average molecular weight is 116 g/mol. The molecule has 0 bridgehead atoms. The van der Waals surface area contributed by atoms with Crippen LogP contribution in [0.5, 0.6) is 0 Å². The zero-order valence-corrected chi connectivity index (χ0v) is 4.32. The van der Waals surface area contributed by atoms with Gasteiger partial charge in [-0.2, -0.15) is 0 Å². The molecule has 0 radical (unpaired) electrons. The average Bonchev–Trinajstić information content (AvgIpc) is 2.14. The first kappa shape index (κ1) is 5.59. The van der Waals surface area contributed by atoms with Crippen molar-refractivity contribution in [2.45, 2.75) is 12.2 Å². The molecule has 0 saturated carbocycles. The van der Waals surface area contributed by atoms with E-state index in [9.17, 15) is 0 Å². The Morgan fingerprint density at radius 1 is 1.62 bits per heavy atom. The molecule has 0 aromatic heterocycles. The van der Waals surface area contributed by atoms with Gasteiger partial charge in [-0.05, 0) is 6.08 Å². The van der Waals surface area contributed by atoms with Crippen molar-refractivity contribution in [1.82, 2.24) is 0 Å². The second kappa shape index (κ2) is 2.15. The van der Waals surface area contributed by atoms with Gasteiger partial charge in [0.15, 0.2) is 6.10 Å². The molecule has 2 N–H and O–H groups in total. The van der Waals surface area contributed by atoms with Crippen molar-refractivity contribution < 1.29 is 14.9 Å². The first-order chi connectivity index (χ1) is 3.84. The fraction of sp³-hybridized carbons (Fsp3) is 0.600. The first-order valence-corrected chi connectivity index (χ1v) is 2.45. The fourth-order valence-corrected chi connectivity index (χ4v) is 0.582. The molecule has 2 atom stereocenters. The maximum absolute atomic E-state index is 8.82. The lowest BCUT2D eigenvalue weighted by Gasteiger charge is -2.08. The van der Waals surface area contributed by atoms with Crippen LogP contribution < -0.4 is 0 Å². The minimum Gasteiger partial charge on any atom is -0.493 e. The van der Waals surface area contributed by atoms with Crippen molar-refractivity contribution in [3.63, 3.8) is 0 Å². The van der Waals surface area contributed by atoms with Crippen LogP contribution in [0.2, 0.25) is 0 Å². The van der Waals surface area contributed by atoms with Crippen molar-refractivity contribution in [2.75, 3.05) is 6.61 Å². The van der Waals surface area contributed by atoms with E-state index >= 15 is 0 Å². The van der Waals surface area contributed by atoms with E-state index in [4.69, 9.17) is 14.9 Å². The third kappa shape index (κ3) is 0.827. The highest BCUT2D eigenvalue weighted by molar-refractivity contribution is 4.95. The summed E-state index contributed by atoms with van der Waals surface area (Å²) in [5, 5.41) is 17.2. The minimum atomic E-state index is -0.625. The van der Waals surface area contributed by atoms with Crippen LogP contribution in [-0.4, -0.2) is 29.0 Å². The number of rotatable bonds is 1. The lowest BCUT2D eigenvalue weighted by atomic mass is 10.2. The Morgan fingerprint density at radius 3 is 2.62 bits per heavy atom. The normalized spacial score (nSPS) is 35.2. The van der Waals surface area contributed by atoms with Crippen molar-refractivity contribution in [1.29, 1.82) is 0 Å². The van der Waals surface area contributed by atoms with Gasteiger partial charge < -0.3 is 14.9 Å². The molecular weight excluding hydrogens is 108 g/mol. The van der Waals surface area contributed by atoms with Gasteiger partial charge >= 0.3 is 0 Å². The first-order valence-electron chi connectivity index (χ1n) is 2.45. The van der Waals surface area contributed by atoms with Crippen LogP contribution in [-0.2, 0) is 4.74 Å². The number of aliphatic hydroxyl groups excluding tert-OH is 2. The van der Waals surface area contributed by atoms with Crippen molar-refractivity contribution in [3.8, 4) is 0 Å². The van der Waals surface area contributed by atoms with Gasteiger partial charge in [-0.1, -0.05) is 0 Å². The van der Waals surface area contributed by atoms with Crippen LogP contribution >= 0.6 is 0 Å². The molecule has 0 aliphatic carbocycles. The monoisotopic (exact) mass is 116 g/mol. The van der Waals surface area contributed by atoms with Crippen molar-refractivity contribution in [3.05, 3.63) is 12.3 Å². The van der Waals surface area contributed by atoms with Crippen LogP contribution in [0.15, 0.2) is 12.3 Å². The number of hydrogen-bond acceptors (Lipinski definition) is 3.